The zero-order chi connectivity index (χ0) is 22.1. The third-order valence-corrected chi connectivity index (χ3v) is 3.90. The van der Waals surface area contributed by atoms with E-state index in [0.717, 1.165) is 0 Å². The Morgan fingerprint density at radius 2 is 1.87 bits per heavy atom. The minimum atomic E-state index is -0.576. The molecule has 0 bridgehead atoms. The summed E-state index contributed by atoms with van der Waals surface area (Å²) in [4.78, 5) is 24.3. The first-order valence-corrected chi connectivity index (χ1v) is 9.43. The lowest BCUT2D eigenvalue weighted by molar-refractivity contribution is -0.112. The van der Waals surface area contributed by atoms with Gasteiger partial charge in [-0.05, 0) is 63.2 Å². The van der Waals surface area contributed by atoms with Gasteiger partial charge in [0.25, 0.3) is 5.91 Å². The van der Waals surface area contributed by atoms with Gasteiger partial charge in [-0.25, -0.2) is 4.79 Å². The molecule has 2 aromatic carbocycles. The summed E-state index contributed by atoms with van der Waals surface area (Å²) in [6.07, 6.45) is 1.36. The Kier molecular flexibility index (Phi) is 8.00. The summed E-state index contributed by atoms with van der Waals surface area (Å²) in [5, 5.41) is 12.1. The van der Waals surface area contributed by atoms with Crippen LogP contribution in [-0.2, 0) is 9.53 Å². The number of esters is 1. The molecule has 0 saturated heterocycles. The minimum Gasteiger partial charge on any atom is -0.497 e. The maximum absolute atomic E-state index is 12.6. The van der Waals surface area contributed by atoms with Gasteiger partial charge in [0.05, 0.1) is 25.4 Å². The number of carbonyl (C=O) groups is 2. The van der Waals surface area contributed by atoms with E-state index >= 15 is 0 Å². The van der Waals surface area contributed by atoms with Crippen LogP contribution in [0, 0.1) is 11.3 Å². The van der Waals surface area contributed by atoms with Gasteiger partial charge < -0.3 is 19.5 Å². The summed E-state index contributed by atoms with van der Waals surface area (Å²) < 4.78 is 15.9. The fourth-order valence-electron chi connectivity index (χ4n) is 2.52. The second kappa shape index (κ2) is 10.7. The van der Waals surface area contributed by atoms with Gasteiger partial charge in [-0.1, -0.05) is 0 Å². The van der Waals surface area contributed by atoms with Gasteiger partial charge >= 0.3 is 5.97 Å². The molecule has 0 heterocycles. The number of amides is 1. The molecule has 0 aliphatic carbocycles. The molecule has 0 aliphatic rings. The van der Waals surface area contributed by atoms with Gasteiger partial charge in [0.15, 0.2) is 0 Å². The molecule has 1 amide bonds. The summed E-state index contributed by atoms with van der Waals surface area (Å²) in [6, 6.07) is 13.3. The number of hydrogen-bond donors (Lipinski definition) is 1. The number of methoxy groups -OCH3 is 1. The first-order valence-electron chi connectivity index (χ1n) is 9.43. The average Bonchev–Trinajstić information content (AvgIpc) is 2.72. The van der Waals surface area contributed by atoms with Crippen LogP contribution in [-0.4, -0.2) is 31.7 Å². The van der Waals surface area contributed by atoms with Crippen LogP contribution in [0.15, 0.2) is 48.0 Å². The van der Waals surface area contributed by atoms with Gasteiger partial charge in [-0.2, -0.15) is 5.26 Å². The third kappa shape index (κ3) is 6.11. The van der Waals surface area contributed by atoms with Gasteiger partial charge in [0.2, 0.25) is 0 Å². The molecule has 0 radical (unpaired) electrons. The highest BCUT2D eigenvalue weighted by atomic mass is 16.5. The minimum absolute atomic E-state index is 0.0942. The number of nitrogens with one attached hydrogen (secondary N) is 1. The van der Waals surface area contributed by atoms with E-state index in [1.165, 1.54) is 6.08 Å². The molecule has 0 unspecified atom stereocenters. The third-order valence-electron chi connectivity index (χ3n) is 3.90. The number of nitrogens with zero attached hydrogens (tertiary/aromatic N) is 1. The van der Waals surface area contributed by atoms with Crippen molar-refractivity contribution >= 4 is 23.6 Å². The lowest BCUT2D eigenvalue weighted by Gasteiger charge is -2.14. The van der Waals surface area contributed by atoms with E-state index in [-0.39, 0.29) is 18.3 Å². The highest BCUT2D eigenvalue weighted by molar-refractivity contribution is 6.10. The second-order valence-corrected chi connectivity index (χ2v) is 6.49. The highest BCUT2D eigenvalue weighted by Crippen LogP contribution is 2.28. The fraction of sp³-hybridized carbons (Fsp3) is 0.261. The Morgan fingerprint density at radius 3 is 2.43 bits per heavy atom. The van der Waals surface area contributed by atoms with E-state index in [4.69, 9.17) is 14.2 Å². The van der Waals surface area contributed by atoms with Crippen LogP contribution in [0.3, 0.4) is 0 Å². The largest absolute Gasteiger partial charge is 0.497 e. The topological polar surface area (TPSA) is 97.7 Å². The average molecular weight is 408 g/mol. The first kappa shape index (κ1) is 22.5. The van der Waals surface area contributed by atoms with Crippen molar-refractivity contribution in [3.05, 3.63) is 59.2 Å². The molecular formula is C23H24N2O5. The van der Waals surface area contributed by atoms with Crippen molar-refractivity contribution < 1.29 is 23.8 Å². The van der Waals surface area contributed by atoms with Crippen LogP contribution < -0.4 is 14.8 Å². The van der Waals surface area contributed by atoms with E-state index in [0.29, 0.717) is 28.3 Å². The molecule has 1 N–H and O–H groups in total. The van der Waals surface area contributed by atoms with Gasteiger partial charge in [0, 0.05) is 17.3 Å². The normalized spacial score (nSPS) is 10.9. The molecule has 7 heteroatoms. The van der Waals surface area contributed by atoms with E-state index in [9.17, 15) is 14.9 Å². The summed E-state index contributed by atoms with van der Waals surface area (Å²) in [7, 11) is 1.55. The molecular weight excluding hydrogens is 384 g/mol. The van der Waals surface area contributed by atoms with E-state index < -0.39 is 11.9 Å². The van der Waals surface area contributed by atoms with Crippen molar-refractivity contribution in [3.8, 4) is 17.6 Å². The van der Waals surface area contributed by atoms with Crippen molar-refractivity contribution in [2.75, 3.05) is 19.0 Å². The Hall–Kier alpha value is -3.79. The number of ether oxygens (including phenoxy) is 3. The lowest BCUT2D eigenvalue weighted by atomic mass is 10.1. The number of anilines is 1. The zero-order valence-electron chi connectivity index (χ0n) is 17.4. The standard InChI is InChI=1S/C23H24N2O5/c1-5-29-23(27)16-6-9-19(10-7-16)25-22(26)18(14-24)12-17-8-11-20(28-4)13-21(17)30-15(2)3/h6-13,15H,5H2,1-4H3,(H,25,26)/b18-12+. The van der Waals surface area contributed by atoms with Crippen molar-refractivity contribution in [3.63, 3.8) is 0 Å². The summed E-state index contributed by atoms with van der Waals surface area (Å²) in [5.74, 6) is 0.0917. The van der Waals surface area contributed by atoms with Crippen LogP contribution >= 0.6 is 0 Å². The predicted molar refractivity (Wildman–Crippen MR) is 113 cm³/mol. The van der Waals surface area contributed by atoms with Crippen molar-refractivity contribution in [1.29, 1.82) is 5.26 Å². The molecule has 0 aliphatic heterocycles. The Bertz CT molecular complexity index is 972. The number of nitriles is 1. The van der Waals surface area contributed by atoms with Gasteiger partial charge in [-0.3, -0.25) is 4.79 Å². The molecule has 30 heavy (non-hydrogen) atoms. The molecule has 0 fully saturated rings. The molecule has 0 spiro atoms. The Morgan fingerprint density at radius 1 is 1.17 bits per heavy atom. The molecule has 2 aromatic rings. The van der Waals surface area contributed by atoms with Gasteiger partial charge in [0.1, 0.15) is 23.1 Å². The van der Waals surface area contributed by atoms with Crippen LogP contribution in [0.5, 0.6) is 11.5 Å². The van der Waals surface area contributed by atoms with Crippen molar-refractivity contribution in [1.82, 2.24) is 0 Å². The SMILES string of the molecule is CCOC(=O)c1ccc(NC(=O)/C(C#N)=C/c2ccc(OC)cc2OC(C)C)cc1. The zero-order valence-corrected chi connectivity index (χ0v) is 17.4. The summed E-state index contributed by atoms with van der Waals surface area (Å²) in [6.45, 7) is 5.76. The van der Waals surface area contributed by atoms with E-state index in [1.807, 2.05) is 19.9 Å². The molecule has 2 rings (SSSR count). The summed E-state index contributed by atoms with van der Waals surface area (Å²) in [5.41, 5.74) is 1.30. The fourth-order valence-corrected chi connectivity index (χ4v) is 2.52. The van der Waals surface area contributed by atoms with Crippen molar-refractivity contribution in [2.45, 2.75) is 26.9 Å². The Labute approximate surface area is 175 Å². The van der Waals surface area contributed by atoms with Crippen LogP contribution in [0.1, 0.15) is 36.7 Å². The first-order chi connectivity index (χ1) is 14.4. The van der Waals surface area contributed by atoms with E-state index in [1.54, 1.807) is 56.5 Å². The monoisotopic (exact) mass is 408 g/mol. The maximum Gasteiger partial charge on any atom is 0.338 e. The smallest absolute Gasteiger partial charge is 0.338 e. The number of benzene rings is 2. The molecule has 156 valence electrons. The predicted octanol–water partition coefficient (Wildman–Crippen LogP) is 4.20. The molecule has 0 saturated carbocycles. The number of carbonyl (C=O) groups excluding carboxylic acids is 2. The van der Waals surface area contributed by atoms with Crippen molar-refractivity contribution in [2.24, 2.45) is 0 Å². The van der Waals surface area contributed by atoms with E-state index in [2.05, 4.69) is 5.32 Å². The quantitative estimate of drug-likeness (QED) is 0.399. The molecule has 7 nitrogen and oxygen atoms in total. The molecule has 0 atom stereocenters. The molecule has 0 aromatic heterocycles. The number of rotatable bonds is 8. The second-order valence-electron chi connectivity index (χ2n) is 6.49. The number of hydrogen-bond acceptors (Lipinski definition) is 6. The van der Waals surface area contributed by atoms with Crippen LogP contribution in [0.4, 0.5) is 5.69 Å². The summed E-state index contributed by atoms with van der Waals surface area (Å²) >= 11 is 0. The Balaban J connectivity index is 2.23. The maximum atomic E-state index is 12.6. The lowest BCUT2D eigenvalue weighted by Crippen LogP contribution is -2.14. The van der Waals surface area contributed by atoms with Gasteiger partial charge in [-0.15, -0.1) is 0 Å². The highest BCUT2D eigenvalue weighted by Gasteiger charge is 2.13. The van der Waals surface area contributed by atoms with Crippen LogP contribution in [0.2, 0.25) is 0 Å². The van der Waals surface area contributed by atoms with Crippen LogP contribution in [0.25, 0.3) is 6.08 Å².